The van der Waals surface area contributed by atoms with Gasteiger partial charge in [0, 0.05) is 24.4 Å². The standard InChI is InChI=1S/C21H18N4O3/c1-13-6-7-18(27-2)17(8-13)25-12-16(10-19(25)26)20-23-21(28-24-20)15-5-3-4-14(9-15)11-22/h3-9,16H,10,12H2,1-2H3. The summed E-state index contributed by atoms with van der Waals surface area (Å²) < 4.78 is 10.8. The minimum absolute atomic E-state index is 0.00766. The second-order valence-electron chi connectivity index (χ2n) is 6.73. The molecule has 7 heteroatoms. The molecule has 0 spiro atoms. The van der Waals surface area contributed by atoms with Crippen molar-refractivity contribution in [1.82, 2.24) is 10.1 Å². The fourth-order valence-electron chi connectivity index (χ4n) is 3.36. The van der Waals surface area contributed by atoms with Gasteiger partial charge in [-0.3, -0.25) is 4.79 Å². The van der Waals surface area contributed by atoms with E-state index in [9.17, 15) is 4.79 Å². The molecule has 0 radical (unpaired) electrons. The topological polar surface area (TPSA) is 92.2 Å². The van der Waals surface area contributed by atoms with Crippen molar-refractivity contribution >= 4 is 11.6 Å². The smallest absolute Gasteiger partial charge is 0.257 e. The van der Waals surface area contributed by atoms with Gasteiger partial charge in [0.2, 0.25) is 5.91 Å². The Kier molecular flexibility index (Phi) is 4.53. The highest BCUT2D eigenvalue weighted by Gasteiger charge is 2.35. The number of hydrogen-bond donors (Lipinski definition) is 0. The minimum atomic E-state index is -0.172. The zero-order valence-corrected chi connectivity index (χ0v) is 15.5. The highest BCUT2D eigenvalue weighted by molar-refractivity contribution is 5.97. The molecule has 1 unspecified atom stereocenters. The van der Waals surface area contributed by atoms with Crippen LogP contribution in [0.25, 0.3) is 11.5 Å². The van der Waals surface area contributed by atoms with Crippen LogP contribution >= 0.6 is 0 Å². The van der Waals surface area contributed by atoms with Crippen molar-refractivity contribution in [2.24, 2.45) is 0 Å². The number of hydrogen-bond acceptors (Lipinski definition) is 6. The molecule has 0 bridgehead atoms. The van der Waals surface area contributed by atoms with Crippen LogP contribution in [0.1, 0.15) is 29.3 Å². The Hall–Kier alpha value is -3.66. The molecule has 0 N–H and O–H groups in total. The van der Waals surface area contributed by atoms with E-state index in [0.29, 0.717) is 41.6 Å². The number of nitrogens with zero attached hydrogens (tertiary/aromatic N) is 4. The Morgan fingerprint density at radius 2 is 2.14 bits per heavy atom. The van der Waals surface area contributed by atoms with E-state index in [4.69, 9.17) is 14.5 Å². The van der Waals surface area contributed by atoms with Gasteiger partial charge in [-0.15, -0.1) is 0 Å². The number of aryl methyl sites for hydroxylation is 1. The van der Waals surface area contributed by atoms with Crippen molar-refractivity contribution < 1.29 is 14.1 Å². The highest BCUT2D eigenvalue weighted by Crippen LogP contribution is 2.36. The summed E-state index contributed by atoms with van der Waals surface area (Å²) in [7, 11) is 1.59. The van der Waals surface area contributed by atoms with Gasteiger partial charge < -0.3 is 14.2 Å². The Morgan fingerprint density at radius 1 is 1.29 bits per heavy atom. The fraction of sp³-hybridized carbons (Fsp3) is 0.238. The number of benzene rings is 2. The van der Waals surface area contributed by atoms with E-state index in [1.165, 1.54) is 0 Å². The third-order valence-electron chi connectivity index (χ3n) is 4.80. The van der Waals surface area contributed by atoms with Crippen LogP contribution in [-0.2, 0) is 4.79 Å². The summed E-state index contributed by atoms with van der Waals surface area (Å²) in [6, 6.07) is 14.8. The van der Waals surface area contributed by atoms with Crippen molar-refractivity contribution in [2.45, 2.75) is 19.3 Å². The quantitative estimate of drug-likeness (QED) is 0.694. The summed E-state index contributed by atoms with van der Waals surface area (Å²) in [5.41, 5.74) is 3.00. The lowest BCUT2D eigenvalue weighted by Gasteiger charge is -2.19. The maximum atomic E-state index is 12.6. The van der Waals surface area contributed by atoms with Crippen molar-refractivity contribution in [1.29, 1.82) is 5.26 Å². The lowest BCUT2D eigenvalue weighted by molar-refractivity contribution is -0.117. The third-order valence-corrected chi connectivity index (χ3v) is 4.80. The molecule has 3 aromatic rings. The maximum Gasteiger partial charge on any atom is 0.257 e. The van der Waals surface area contributed by atoms with Gasteiger partial charge in [-0.1, -0.05) is 17.3 Å². The van der Waals surface area contributed by atoms with E-state index in [0.717, 1.165) is 11.3 Å². The van der Waals surface area contributed by atoms with E-state index < -0.39 is 0 Å². The van der Waals surface area contributed by atoms with E-state index in [1.54, 1.807) is 30.2 Å². The second kappa shape index (κ2) is 7.16. The number of rotatable bonds is 4. The van der Waals surface area contributed by atoms with E-state index >= 15 is 0 Å². The van der Waals surface area contributed by atoms with Crippen molar-refractivity contribution in [3.8, 4) is 23.3 Å². The number of ether oxygens (including phenoxy) is 1. The first-order valence-electron chi connectivity index (χ1n) is 8.88. The zero-order chi connectivity index (χ0) is 19.7. The largest absolute Gasteiger partial charge is 0.495 e. The molecule has 0 saturated carbocycles. The molecule has 4 rings (SSSR count). The van der Waals surface area contributed by atoms with Gasteiger partial charge in [0.1, 0.15) is 5.75 Å². The van der Waals surface area contributed by atoms with Crippen molar-refractivity contribution in [3.63, 3.8) is 0 Å². The van der Waals surface area contributed by atoms with Crippen LogP contribution in [0, 0.1) is 18.3 Å². The monoisotopic (exact) mass is 374 g/mol. The van der Waals surface area contributed by atoms with E-state index in [2.05, 4.69) is 16.2 Å². The SMILES string of the molecule is COc1ccc(C)cc1N1CC(c2noc(-c3cccc(C#N)c3)n2)CC1=O. The maximum absolute atomic E-state index is 12.6. The number of nitriles is 1. The van der Waals surface area contributed by atoms with Crippen LogP contribution in [0.3, 0.4) is 0 Å². The molecule has 140 valence electrons. The molecule has 1 aliphatic heterocycles. The molecule has 1 atom stereocenters. The Bertz CT molecular complexity index is 1080. The molecule has 1 aromatic heterocycles. The zero-order valence-electron chi connectivity index (χ0n) is 15.5. The number of carbonyl (C=O) groups excluding carboxylic acids is 1. The van der Waals surface area contributed by atoms with Gasteiger partial charge >= 0.3 is 0 Å². The van der Waals surface area contributed by atoms with Gasteiger partial charge in [-0.2, -0.15) is 10.2 Å². The van der Waals surface area contributed by atoms with Crippen LogP contribution in [0.15, 0.2) is 47.0 Å². The number of aromatic nitrogens is 2. The summed E-state index contributed by atoms with van der Waals surface area (Å²) in [5, 5.41) is 13.1. The van der Waals surface area contributed by atoms with Gasteiger partial charge in [0.25, 0.3) is 5.89 Å². The van der Waals surface area contributed by atoms with Gasteiger partial charge in [0.15, 0.2) is 5.82 Å². The first kappa shape index (κ1) is 17.7. The summed E-state index contributed by atoms with van der Waals surface area (Å²) in [6.07, 6.45) is 0.300. The molecule has 28 heavy (non-hydrogen) atoms. The minimum Gasteiger partial charge on any atom is -0.495 e. The lowest BCUT2D eigenvalue weighted by atomic mass is 10.1. The summed E-state index contributed by atoms with van der Waals surface area (Å²) in [5.74, 6) is 1.30. The molecular formula is C21H18N4O3. The average Bonchev–Trinajstić information content (AvgIpc) is 3.35. The van der Waals surface area contributed by atoms with Crippen LogP contribution in [0.4, 0.5) is 5.69 Å². The Labute approximate surface area is 162 Å². The lowest BCUT2D eigenvalue weighted by Crippen LogP contribution is -2.25. The first-order valence-corrected chi connectivity index (χ1v) is 8.88. The summed E-state index contributed by atoms with van der Waals surface area (Å²) >= 11 is 0. The van der Waals surface area contributed by atoms with E-state index in [1.807, 2.05) is 31.2 Å². The predicted molar refractivity (Wildman–Crippen MR) is 102 cm³/mol. The predicted octanol–water partition coefficient (Wildman–Crippen LogP) is 3.45. The van der Waals surface area contributed by atoms with Crippen LogP contribution < -0.4 is 9.64 Å². The molecule has 0 aliphatic carbocycles. The van der Waals surface area contributed by atoms with Crippen molar-refractivity contribution in [2.75, 3.05) is 18.6 Å². The number of anilines is 1. The van der Waals surface area contributed by atoms with Gasteiger partial charge in [-0.05, 0) is 42.8 Å². The summed E-state index contributed by atoms with van der Waals surface area (Å²) in [4.78, 5) is 18.8. The average molecular weight is 374 g/mol. The van der Waals surface area contributed by atoms with Crippen LogP contribution in [0.5, 0.6) is 5.75 Å². The number of carbonyl (C=O) groups is 1. The molecule has 2 heterocycles. The first-order chi connectivity index (χ1) is 13.6. The molecule has 1 fully saturated rings. The van der Waals surface area contributed by atoms with E-state index in [-0.39, 0.29) is 11.8 Å². The Balaban J connectivity index is 1.59. The molecule has 1 saturated heterocycles. The molecule has 1 aliphatic rings. The normalized spacial score (nSPS) is 16.2. The van der Waals surface area contributed by atoms with Gasteiger partial charge in [-0.25, -0.2) is 0 Å². The Morgan fingerprint density at radius 3 is 2.93 bits per heavy atom. The molecule has 1 amide bonds. The van der Waals surface area contributed by atoms with Gasteiger partial charge in [0.05, 0.1) is 24.4 Å². The van der Waals surface area contributed by atoms with Crippen LogP contribution in [0.2, 0.25) is 0 Å². The second-order valence-corrected chi connectivity index (χ2v) is 6.73. The van der Waals surface area contributed by atoms with Crippen LogP contribution in [-0.4, -0.2) is 29.7 Å². The highest BCUT2D eigenvalue weighted by atomic mass is 16.5. The number of methoxy groups -OCH3 is 1. The third kappa shape index (κ3) is 3.21. The molecular weight excluding hydrogens is 356 g/mol. The fourth-order valence-corrected chi connectivity index (χ4v) is 3.36. The number of amides is 1. The summed E-state index contributed by atoms with van der Waals surface area (Å²) in [6.45, 7) is 2.43. The molecule has 2 aromatic carbocycles. The van der Waals surface area contributed by atoms with Crippen molar-refractivity contribution in [3.05, 3.63) is 59.4 Å². The molecule has 7 nitrogen and oxygen atoms in total.